The van der Waals surface area contributed by atoms with Crippen LogP contribution in [-0.4, -0.2) is 35.4 Å². The average Bonchev–Trinajstić information content (AvgIpc) is 3.33. The van der Waals surface area contributed by atoms with Gasteiger partial charge in [-0.25, -0.2) is 12.4 Å². The van der Waals surface area contributed by atoms with Gasteiger partial charge in [0.15, 0.2) is 0 Å². The van der Waals surface area contributed by atoms with Gasteiger partial charge in [0.05, 0.1) is 15.9 Å². The second-order valence-electron chi connectivity index (χ2n) is 6.62. The van der Waals surface area contributed by atoms with Gasteiger partial charge in [-0.1, -0.05) is 6.08 Å². The van der Waals surface area contributed by atoms with E-state index in [1.807, 2.05) is 6.07 Å². The maximum absolute atomic E-state index is 13.4. The summed E-state index contributed by atoms with van der Waals surface area (Å²) >= 11 is 0. The Morgan fingerprint density at radius 1 is 1.15 bits per heavy atom. The smallest absolute Gasteiger partial charge is 0.268 e. The maximum Gasteiger partial charge on any atom is 0.268 e. The van der Waals surface area contributed by atoms with Gasteiger partial charge in [0, 0.05) is 41.6 Å². The summed E-state index contributed by atoms with van der Waals surface area (Å²) in [5.74, 6) is 0. The summed E-state index contributed by atoms with van der Waals surface area (Å²) in [6.07, 6.45) is 8.18. The van der Waals surface area contributed by atoms with Gasteiger partial charge in [0.25, 0.3) is 10.0 Å². The number of nitrogens with one attached hydrogen (secondary N) is 2. The van der Waals surface area contributed by atoms with E-state index in [9.17, 15) is 8.42 Å². The number of rotatable bonds is 3. The van der Waals surface area contributed by atoms with Crippen molar-refractivity contribution in [1.82, 2.24) is 19.3 Å². The fourth-order valence-electron chi connectivity index (χ4n) is 3.64. The predicted octanol–water partition coefficient (Wildman–Crippen LogP) is 3.13. The predicted molar refractivity (Wildman–Crippen MR) is 106 cm³/mol. The molecule has 27 heavy (non-hydrogen) atoms. The Kier molecular flexibility index (Phi) is 3.66. The molecule has 0 spiro atoms. The van der Waals surface area contributed by atoms with Gasteiger partial charge in [0.2, 0.25) is 0 Å². The molecule has 1 aliphatic heterocycles. The van der Waals surface area contributed by atoms with E-state index >= 15 is 0 Å². The molecule has 0 aliphatic carbocycles. The molecule has 0 amide bonds. The average molecular weight is 378 g/mol. The number of H-pyrrole nitrogens is 1. The Morgan fingerprint density at radius 2 is 2.07 bits per heavy atom. The van der Waals surface area contributed by atoms with Crippen LogP contribution in [0.3, 0.4) is 0 Å². The molecule has 7 heteroatoms. The van der Waals surface area contributed by atoms with Gasteiger partial charge < -0.3 is 10.3 Å². The van der Waals surface area contributed by atoms with Crippen molar-refractivity contribution in [1.29, 1.82) is 0 Å². The van der Waals surface area contributed by atoms with Crippen LogP contribution in [0, 0.1) is 0 Å². The molecule has 4 aromatic rings. The molecule has 0 unspecified atom stereocenters. The molecule has 1 aliphatic rings. The zero-order chi connectivity index (χ0) is 18.4. The minimum atomic E-state index is -3.73. The SMILES string of the molecule is O=S(=O)(c1ccc2[nH]ccc2c1)n1cc(C2=CCNCC2)c2ncccc21. The molecule has 5 rings (SSSR count). The first kappa shape index (κ1) is 16.3. The molecule has 0 atom stereocenters. The molecule has 4 heterocycles. The van der Waals surface area contributed by atoms with E-state index in [0.29, 0.717) is 5.52 Å². The van der Waals surface area contributed by atoms with Gasteiger partial charge in [-0.15, -0.1) is 0 Å². The van der Waals surface area contributed by atoms with Crippen molar-refractivity contribution in [2.75, 3.05) is 13.1 Å². The molecule has 1 aromatic carbocycles. The molecule has 0 bridgehead atoms. The number of pyridine rings is 1. The number of aromatic amines is 1. The van der Waals surface area contributed by atoms with Crippen LogP contribution in [-0.2, 0) is 10.0 Å². The van der Waals surface area contributed by atoms with Crippen molar-refractivity contribution in [2.45, 2.75) is 11.3 Å². The fraction of sp³-hybridized carbons (Fsp3) is 0.150. The van der Waals surface area contributed by atoms with E-state index in [0.717, 1.165) is 47.1 Å². The number of fused-ring (bicyclic) bond motifs is 2. The molecule has 0 saturated carbocycles. The topological polar surface area (TPSA) is 79.8 Å². The lowest BCUT2D eigenvalue weighted by Gasteiger charge is -2.12. The summed E-state index contributed by atoms with van der Waals surface area (Å²) in [4.78, 5) is 7.83. The summed E-state index contributed by atoms with van der Waals surface area (Å²) < 4.78 is 28.2. The van der Waals surface area contributed by atoms with E-state index in [-0.39, 0.29) is 4.90 Å². The second kappa shape index (κ2) is 6.07. The second-order valence-corrected chi connectivity index (χ2v) is 8.44. The summed E-state index contributed by atoms with van der Waals surface area (Å²) in [6.45, 7) is 1.66. The minimum absolute atomic E-state index is 0.265. The maximum atomic E-state index is 13.4. The Hall–Kier alpha value is -2.90. The zero-order valence-electron chi connectivity index (χ0n) is 14.5. The first-order chi connectivity index (χ1) is 13.1. The van der Waals surface area contributed by atoms with E-state index in [1.54, 1.807) is 48.9 Å². The summed E-state index contributed by atoms with van der Waals surface area (Å²) in [6, 6.07) is 10.6. The van der Waals surface area contributed by atoms with Crippen molar-refractivity contribution >= 4 is 37.5 Å². The zero-order valence-corrected chi connectivity index (χ0v) is 15.3. The molecule has 2 N–H and O–H groups in total. The standard InChI is InChI=1S/C20H18N4O2S/c25-27(26,16-3-4-18-15(12-16)7-11-22-18)24-13-17(14-5-9-21-10-6-14)20-19(24)2-1-8-23-20/h1-5,7-8,11-13,21-22H,6,9-10H2. The van der Waals surface area contributed by atoms with Crippen LogP contribution in [0.5, 0.6) is 0 Å². The van der Waals surface area contributed by atoms with E-state index in [2.05, 4.69) is 21.4 Å². The number of hydrogen-bond acceptors (Lipinski definition) is 4. The highest BCUT2D eigenvalue weighted by Gasteiger charge is 2.23. The molecule has 136 valence electrons. The van der Waals surface area contributed by atoms with Gasteiger partial charge in [0.1, 0.15) is 0 Å². The largest absolute Gasteiger partial charge is 0.361 e. The van der Waals surface area contributed by atoms with Crippen LogP contribution >= 0.6 is 0 Å². The fourth-order valence-corrected chi connectivity index (χ4v) is 5.03. The first-order valence-electron chi connectivity index (χ1n) is 8.83. The number of hydrogen-bond donors (Lipinski definition) is 2. The van der Waals surface area contributed by atoms with E-state index < -0.39 is 10.0 Å². The first-order valence-corrected chi connectivity index (χ1v) is 10.3. The summed E-state index contributed by atoms with van der Waals surface area (Å²) in [5.41, 5.74) is 4.25. The van der Waals surface area contributed by atoms with Crippen molar-refractivity contribution in [3.05, 3.63) is 66.6 Å². The van der Waals surface area contributed by atoms with E-state index in [1.165, 1.54) is 3.97 Å². The molecule has 0 saturated heterocycles. The van der Waals surface area contributed by atoms with Crippen molar-refractivity contribution in [2.24, 2.45) is 0 Å². The lowest BCUT2D eigenvalue weighted by Crippen LogP contribution is -2.20. The summed E-state index contributed by atoms with van der Waals surface area (Å²) in [7, 11) is -3.73. The van der Waals surface area contributed by atoms with Crippen molar-refractivity contribution in [3.63, 3.8) is 0 Å². The Morgan fingerprint density at radius 3 is 2.93 bits per heavy atom. The van der Waals surface area contributed by atoms with Gasteiger partial charge in [-0.05, 0) is 54.9 Å². The molecule has 3 aromatic heterocycles. The normalized spacial score (nSPS) is 15.3. The quantitative estimate of drug-likeness (QED) is 0.574. The van der Waals surface area contributed by atoms with Gasteiger partial charge >= 0.3 is 0 Å². The van der Waals surface area contributed by atoms with Gasteiger partial charge in [-0.3, -0.25) is 4.98 Å². The van der Waals surface area contributed by atoms with Crippen LogP contribution in [0.15, 0.2) is 66.0 Å². The number of nitrogens with zero attached hydrogens (tertiary/aromatic N) is 2. The lowest BCUT2D eigenvalue weighted by atomic mass is 10.0. The van der Waals surface area contributed by atoms with Crippen LogP contribution in [0.1, 0.15) is 12.0 Å². The van der Waals surface area contributed by atoms with Crippen molar-refractivity contribution < 1.29 is 8.42 Å². The third-order valence-corrected chi connectivity index (χ3v) is 6.69. The van der Waals surface area contributed by atoms with Crippen LogP contribution in [0.4, 0.5) is 0 Å². The highest BCUT2D eigenvalue weighted by Crippen LogP contribution is 2.31. The number of aromatic nitrogens is 3. The third kappa shape index (κ3) is 2.58. The molecular weight excluding hydrogens is 360 g/mol. The number of benzene rings is 1. The Balaban J connectivity index is 1.73. The minimum Gasteiger partial charge on any atom is -0.361 e. The van der Waals surface area contributed by atoms with Crippen LogP contribution in [0.25, 0.3) is 27.5 Å². The monoisotopic (exact) mass is 378 g/mol. The lowest BCUT2D eigenvalue weighted by molar-refractivity contribution is 0.589. The molecule has 6 nitrogen and oxygen atoms in total. The highest BCUT2D eigenvalue weighted by molar-refractivity contribution is 7.90. The third-order valence-electron chi connectivity index (χ3n) is 5.02. The van der Waals surface area contributed by atoms with Crippen LogP contribution in [0.2, 0.25) is 0 Å². The molecule has 0 radical (unpaired) electrons. The Bertz CT molecular complexity index is 1300. The highest BCUT2D eigenvalue weighted by atomic mass is 32.2. The Labute approximate surface area is 156 Å². The van der Waals surface area contributed by atoms with E-state index in [4.69, 9.17) is 0 Å². The van der Waals surface area contributed by atoms with Crippen molar-refractivity contribution in [3.8, 4) is 0 Å². The molecular formula is C20H18N4O2S. The molecule has 0 fully saturated rings. The summed E-state index contributed by atoms with van der Waals surface area (Å²) in [5, 5.41) is 4.15. The van der Waals surface area contributed by atoms with Gasteiger partial charge in [-0.2, -0.15) is 0 Å². The van der Waals surface area contributed by atoms with Crippen LogP contribution < -0.4 is 5.32 Å².